The van der Waals surface area contributed by atoms with Crippen LogP contribution in [0.5, 0.6) is 0 Å². The van der Waals surface area contributed by atoms with Crippen molar-refractivity contribution in [1.82, 2.24) is 9.97 Å². The van der Waals surface area contributed by atoms with Gasteiger partial charge in [0.15, 0.2) is 0 Å². The highest BCUT2D eigenvalue weighted by Crippen LogP contribution is 2.22. The molecule has 0 N–H and O–H groups in total. The molecule has 3 rings (SSSR count). The molecule has 20 heavy (non-hydrogen) atoms. The first kappa shape index (κ1) is 12.6. The lowest BCUT2D eigenvalue weighted by Gasteiger charge is -2.29. The summed E-state index contributed by atoms with van der Waals surface area (Å²) in [6.45, 7) is 1.67. The van der Waals surface area contributed by atoms with Gasteiger partial charge in [0.1, 0.15) is 0 Å². The van der Waals surface area contributed by atoms with Crippen LogP contribution in [0.25, 0.3) is 11.1 Å². The van der Waals surface area contributed by atoms with Crippen LogP contribution < -0.4 is 4.90 Å². The molecular formula is C16H16N4. The van der Waals surface area contributed by atoms with Gasteiger partial charge < -0.3 is 4.90 Å². The number of benzene rings is 1. The predicted molar refractivity (Wildman–Crippen MR) is 78.0 cm³/mol. The van der Waals surface area contributed by atoms with Gasteiger partial charge in [-0.05, 0) is 18.4 Å². The zero-order valence-electron chi connectivity index (χ0n) is 11.2. The minimum atomic E-state index is 0.0983. The van der Waals surface area contributed by atoms with Crippen molar-refractivity contribution in [3.8, 4) is 17.2 Å². The molecular weight excluding hydrogens is 248 g/mol. The predicted octanol–water partition coefficient (Wildman–Crippen LogP) is 2.88. The van der Waals surface area contributed by atoms with Gasteiger partial charge in [0.2, 0.25) is 5.95 Å². The second kappa shape index (κ2) is 5.70. The molecule has 0 spiro atoms. The summed E-state index contributed by atoms with van der Waals surface area (Å²) in [5.74, 6) is 0.825. The van der Waals surface area contributed by atoms with Crippen LogP contribution in [0.3, 0.4) is 0 Å². The van der Waals surface area contributed by atoms with E-state index in [4.69, 9.17) is 5.26 Å². The van der Waals surface area contributed by atoms with Crippen molar-refractivity contribution in [1.29, 1.82) is 5.26 Å². The highest BCUT2D eigenvalue weighted by molar-refractivity contribution is 5.61. The Morgan fingerprint density at radius 1 is 1.10 bits per heavy atom. The molecule has 1 aliphatic rings. The fourth-order valence-corrected chi connectivity index (χ4v) is 2.53. The second-order valence-corrected chi connectivity index (χ2v) is 5.05. The van der Waals surface area contributed by atoms with E-state index < -0.39 is 0 Å². The molecule has 0 bridgehead atoms. The minimum Gasteiger partial charge on any atom is -0.340 e. The normalized spacial score (nSPS) is 18.6. The molecule has 2 heterocycles. The number of piperidine rings is 1. The van der Waals surface area contributed by atoms with E-state index in [-0.39, 0.29) is 5.92 Å². The molecule has 1 aromatic carbocycles. The van der Waals surface area contributed by atoms with Gasteiger partial charge in [-0.1, -0.05) is 30.3 Å². The van der Waals surface area contributed by atoms with Gasteiger partial charge in [0.25, 0.3) is 0 Å². The molecule has 1 saturated heterocycles. The van der Waals surface area contributed by atoms with Crippen molar-refractivity contribution in [3.63, 3.8) is 0 Å². The largest absolute Gasteiger partial charge is 0.340 e. The van der Waals surface area contributed by atoms with Crippen LogP contribution in [0.4, 0.5) is 5.95 Å². The molecule has 2 aromatic rings. The molecule has 1 fully saturated rings. The Hall–Kier alpha value is -2.41. The second-order valence-electron chi connectivity index (χ2n) is 5.05. The Bertz CT molecular complexity index is 601. The number of aromatic nitrogens is 2. The first-order valence-electron chi connectivity index (χ1n) is 6.89. The third-order valence-electron chi connectivity index (χ3n) is 3.63. The molecule has 0 aliphatic carbocycles. The third-order valence-corrected chi connectivity index (χ3v) is 3.63. The quantitative estimate of drug-likeness (QED) is 0.837. The summed E-state index contributed by atoms with van der Waals surface area (Å²) in [7, 11) is 0. The summed E-state index contributed by atoms with van der Waals surface area (Å²) in [6, 6.07) is 12.4. The maximum atomic E-state index is 9.03. The van der Waals surface area contributed by atoms with Gasteiger partial charge in [-0.15, -0.1) is 0 Å². The van der Waals surface area contributed by atoms with E-state index in [1.807, 2.05) is 42.7 Å². The maximum absolute atomic E-state index is 9.03. The van der Waals surface area contributed by atoms with Crippen LogP contribution in [-0.4, -0.2) is 23.1 Å². The van der Waals surface area contributed by atoms with Crippen LogP contribution in [0, 0.1) is 17.2 Å². The first-order valence-corrected chi connectivity index (χ1v) is 6.89. The highest BCUT2D eigenvalue weighted by Gasteiger charge is 2.21. The average molecular weight is 264 g/mol. The number of hydrogen-bond donors (Lipinski definition) is 0. The van der Waals surface area contributed by atoms with Crippen molar-refractivity contribution >= 4 is 5.95 Å². The number of nitriles is 1. The summed E-state index contributed by atoms with van der Waals surface area (Å²) in [4.78, 5) is 11.0. The Morgan fingerprint density at radius 2 is 1.85 bits per heavy atom. The molecule has 0 amide bonds. The third kappa shape index (κ3) is 2.62. The summed E-state index contributed by atoms with van der Waals surface area (Å²) >= 11 is 0. The molecule has 1 aromatic heterocycles. The lowest BCUT2D eigenvalue weighted by atomic mass is 10.0. The fraction of sp³-hybridized carbons (Fsp3) is 0.312. The fourth-order valence-electron chi connectivity index (χ4n) is 2.53. The Kier molecular flexibility index (Phi) is 3.60. The standard InChI is InChI=1S/C16H16N4/c17-9-13-5-4-8-20(12-13)16-18-10-15(11-19-16)14-6-2-1-3-7-14/h1-3,6-7,10-11,13H,4-5,8,12H2. The van der Waals surface area contributed by atoms with E-state index in [1.54, 1.807) is 0 Å². The SMILES string of the molecule is N#CC1CCCN(c2ncc(-c3ccccc3)cn2)C1. The number of nitrogens with zero attached hydrogens (tertiary/aromatic N) is 4. The zero-order valence-corrected chi connectivity index (χ0v) is 11.2. The van der Waals surface area contributed by atoms with E-state index in [0.717, 1.165) is 43.0 Å². The molecule has 4 heteroatoms. The molecule has 0 radical (unpaired) electrons. The molecule has 1 unspecified atom stereocenters. The van der Waals surface area contributed by atoms with Gasteiger partial charge in [-0.2, -0.15) is 5.26 Å². The summed E-state index contributed by atoms with van der Waals surface area (Å²) in [5, 5.41) is 9.03. The monoisotopic (exact) mass is 264 g/mol. The molecule has 100 valence electrons. The number of anilines is 1. The van der Waals surface area contributed by atoms with Gasteiger partial charge in [-0.25, -0.2) is 9.97 Å². The molecule has 1 aliphatic heterocycles. The van der Waals surface area contributed by atoms with E-state index in [0.29, 0.717) is 0 Å². The Balaban J connectivity index is 1.78. The molecule has 4 nitrogen and oxygen atoms in total. The molecule has 1 atom stereocenters. The van der Waals surface area contributed by atoms with Crippen molar-refractivity contribution in [3.05, 3.63) is 42.7 Å². The van der Waals surface area contributed by atoms with Crippen molar-refractivity contribution in [2.24, 2.45) is 5.92 Å². The van der Waals surface area contributed by atoms with Crippen LogP contribution >= 0.6 is 0 Å². The van der Waals surface area contributed by atoms with Gasteiger partial charge >= 0.3 is 0 Å². The number of hydrogen-bond acceptors (Lipinski definition) is 4. The number of rotatable bonds is 2. The minimum absolute atomic E-state index is 0.0983. The first-order chi connectivity index (χ1) is 9.86. The van der Waals surface area contributed by atoms with E-state index in [9.17, 15) is 0 Å². The van der Waals surface area contributed by atoms with Crippen molar-refractivity contribution < 1.29 is 0 Å². The zero-order chi connectivity index (χ0) is 13.8. The van der Waals surface area contributed by atoms with Crippen molar-refractivity contribution in [2.45, 2.75) is 12.8 Å². The van der Waals surface area contributed by atoms with Crippen LogP contribution in [0.15, 0.2) is 42.7 Å². The van der Waals surface area contributed by atoms with E-state index in [1.165, 1.54) is 0 Å². The van der Waals surface area contributed by atoms with E-state index >= 15 is 0 Å². The van der Waals surface area contributed by atoms with Gasteiger partial charge in [0.05, 0.1) is 12.0 Å². The summed E-state index contributed by atoms with van der Waals surface area (Å²) in [6.07, 6.45) is 5.72. The smallest absolute Gasteiger partial charge is 0.225 e. The van der Waals surface area contributed by atoms with Crippen LogP contribution in [0.1, 0.15) is 12.8 Å². The maximum Gasteiger partial charge on any atom is 0.225 e. The Labute approximate surface area is 118 Å². The lowest BCUT2D eigenvalue weighted by Crippen LogP contribution is -2.35. The lowest BCUT2D eigenvalue weighted by molar-refractivity contribution is 0.487. The Morgan fingerprint density at radius 3 is 2.55 bits per heavy atom. The highest BCUT2D eigenvalue weighted by atomic mass is 15.2. The van der Waals surface area contributed by atoms with Crippen LogP contribution in [-0.2, 0) is 0 Å². The summed E-state index contributed by atoms with van der Waals surface area (Å²) in [5.41, 5.74) is 2.13. The summed E-state index contributed by atoms with van der Waals surface area (Å²) < 4.78 is 0. The van der Waals surface area contributed by atoms with E-state index in [2.05, 4.69) is 20.9 Å². The van der Waals surface area contributed by atoms with Gasteiger partial charge in [-0.3, -0.25) is 0 Å². The van der Waals surface area contributed by atoms with Gasteiger partial charge in [0, 0.05) is 31.0 Å². The van der Waals surface area contributed by atoms with Crippen molar-refractivity contribution in [2.75, 3.05) is 18.0 Å². The average Bonchev–Trinajstić information content (AvgIpc) is 2.56. The molecule has 0 saturated carbocycles. The topological polar surface area (TPSA) is 52.8 Å². The van der Waals surface area contributed by atoms with Crippen LogP contribution in [0.2, 0.25) is 0 Å².